The number of para-hydroxylation sites is 3. The van der Waals surface area contributed by atoms with Gasteiger partial charge in [0.05, 0.1) is 52.9 Å². The van der Waals surface area contributed by atoms with Gasteiger partial charge in [-0.15, -0.1) is 0 Å². The summed E-state index contributed by atoms with van der Waals surface area (Å²) >= 11 is 0. The van der Waals surface area contributed by atoms with Crippen LogP contribution in [0.25, 0.3) is 0 Å². The second kappa shape index (κ2) is 19.2. The molecular formula is C32H40N2O9. The first-order valence-corrected chi connectivity index (χ1v) is 14.4. The van der Waals surface area contributed by atoms with Gasteiger partial charge >= 0.3 is 6.03 Å². The van der Waals surface area contributed by atoms with E-state index >= 15 is 0 Å². The molecule has 11 heteroatoms. The second-order valence-corrected chi connectivity index (χ2v) is 9.24. The van der Waals surface area contributed by atoms with Crippen molar-refractivity contribution < 1.29 is 42.7 Å². The molecule has 1 aliphatic rings. The van der Waals surface area contributed by atoms with Crippen molar-refractivity contribution in [1.29, 1.82) is 0 Å². The average molecular weight is 597 g/mol. The summed E-state index contributed by atoms with van der Waals surface area (Å²) in [7, 11) is 0. The van der Waals surface area contributed by atoms with Crippen LogP contribution in [0.5, 0.6) is 23.0 Å². The zero-order chi connectivity index (χ0) is 29.8. The van der Waals surface area contributed by atoms with Crippen molar-refractivity contribution in [2.45, 2.75) is 6.54 Å². The van der Waals surface area contributed by atoms with Gasteiger partial charge < -0.3 is 48.5 Å². The molecule has 0 saturated carbocycles. The fourth-order valence-corrected chi connectivity index (χ4v) is 3.95. The van der Waals surface area contributed by atoms with E-state index in [9.17, 15) is 4.79 Å². The molecule has 3 aromatic carbocycles. The molecule has 0 spiro atoms. The largest absolute Gasteiger partial charge is 0.487 e. The van der Waals surface area contributed by atoms with E-state index in [2.05, 4.69) is 10.6 Å². The summed E-state index contributed by atoms with van der Waals surface area (Å²) in [5.74, 6) is 2.45. The van der Waals surface area contributed by atoms with E-state index in [0.29, 0.717) is 115 Å². The summed E-state index contributed by atoms with van der Waals surface area (Å²) in [5, 5.41) is 5.66. The van der Waals surface area contributed by atoms with Crippen LogP contribution in [-0.4, -0.2) is 85.3 Å². The Bertz CT molecular complexity index is 1210. The number of fused-ring (bicyclic) bond motifs is 2. The number of rotatable bonds is 3. The number of carbonyl (C=O) groups is 1. The zero-order valence-corrected chi connectivity index (χ0v) is 24.3. The maximum atomic E-state index is 12.3. The standard InChI is InChI=1S/C32H40N2O9/c35-32(34-27-6-2-1-3-7-27)33-25-26-10-11-30-31(24-26)43-23-19-39-15-14-37-17-21-41-29-9-5-4-8-28(29)40-20-16-36-12-13-38-18-22-42-30/h1-11,24H,12-23,25H2,(H2,33,34,35). The minimum Gasteiger partial charge on any atom is -0.487 e. The Hall–Kier alpha value is -4.03. The van der Waals surface area contributed by atoms with Crippen molar-refractivity contribution in [3.05, 3.63) is 78.4 Å². The highest BCUT2D eigenvalue weighted by Crippen LogP contribution is 2.29. The van der Waals surface area contributed by atoms with Gasteiger partial charge in [0.15, 0.2) is 23.0 Å². The first-order valence-electron chi connectivity index (χ1n) is 14.4. The number of nitrogens with one attached hydrogen (secondary N) is 2. The number of urea groups is 1. The maximum absolute atomic E-state index is 12.3. The monoisotopic (exact) mass is 596 g/mol. The molecule has 0 bridgehead atoms. The fraction of sp³-hybridized carbons (Fsp3) is 0.406. The summed E-state index contributed by atoms with van der Waals surface area (Å²) in [4.78, 5) is 12.3. The van der Waals surface area contributed by atoms with Gasteiger partial charge in [0.25, 0.3) is 0 Å². The molecule has 2 N–H and O–H groups in total. The van der Waals surface area contributed by atoms with E-state index in [1.807, 2.05) is 72.8 Å². The van der Waals surface area contributed by atoms with Crippen LogP contribution in [-0.2, 0) is 25.5 Å². The van der Waals surface area contributed by atoms with Crippen molar-refractivity contribution >= 4 is 11.7 Å². The van der Waals surface area contributed by atoms with Gasteiger partial charge in [0.2, 0.25) is 0 Å². The molecule has 3 aromatic rings. The molecule has 2 amide bonds. The molecule has 43 heavy (non-hydrogen) atoms. The molecule has 0 fully saturated rings. The third-order valence-electron chi connectivity index (χ3n) is 6.03. The van der Waals surface area contributed by atoms with E-state index < -0.39 is 0 Å². The molecule has 11 nitrogen and oxygen atoms in total. The smallest absolute Gasteiger partial charge is 0.319 e. The molecule has 1 aliphatic heterocycles. The van der Waals surface area contributed by atoms with Crippen molar-refractivity contribution in [3.8, 4) is 23.0 Å². The van der Waals surface area contributed by atoms with E-state index in [-0.39, 0.29) is 6.03 Å². The lowest BCUT2D eigenvalue weighted by molar-refractivity contribution is 0.0223. The minimum absolute atomic E-state index is 0.299. The molecule has 0 unspecified atom stereocenters. The molecule has 0 radical (unpaired) electrons. The van der Waals surface area contributed by atoms with E-state index in [0.717, 1.165) is 5.56 Å². The third-order valence-corrected chi connectivity index (χ3v) is 6.03. The Morgan fingerprint density at radius 3 is 1.49 bits per heavy atom. The summed E-state index contributed by atoms with van der Waals surface area (Å²) in [6.45, 7) is 5.06. The lowest BCUT2D eigenvalue weighted by atomic mass is 10.2. The molecule has 0 aliphatic carbocycles. The van der Waals surface area contributed by atoms with Crippen molar-refractivity contribution in [2.75, 3.05) is 84.6 Å². The number of benzene rings is 3. The Balaban J connectivity index is 1.26. The zero-order valence-electron chi connectivity index (χ0n) is 24.3. The molecule has 0 saturated heterocycles. The van der Waals surface area contributed by atoms with Crippen LogP contribution in [0.15, 0.2) is 72.8 Å². The molecule has 1 heterocycles. The lowest BCUT2D eigenvalue weighted by Crippen LogP contribution is -2.28. The number of anilines is 1. The number of hydrogen-bond acceptors (Lipinski definition) is 9. The van der Waals surface area contributed by atoms with Crippen LogP contribution in [0.1, 0.15) is 5.56 Å². The maximum Gasteiger partial charge on any atom is 0.319 e. The van der Waals surface area contributed by atoms with Crippen LogP contribution < -0.4 is 29.6 Å². The molecule has 0 atom stereocenters. The first kappa shape index (κ1) is 31.9. The Labute approximate surface area is 252 Å². The van der Waals surface area contributed by atoms with Crippen molar-refractivity contribution in [2.24, 2.45) is 0 Å². The summed E-state index contributed by atoms with van der Waals surface area (Å²) in [6.07, 6.45) is 0. The number of carbonyl (C=O) groups excluding carboxylic acids is 1. The Kier molecular flexibility index (Phi) is 14.3. The highest BCUT2D eigenvalue weighted by Gasteiger charge is 2.10. The molecular weight excluding hydrogens is 556 g/mol. The summed E-state index contributed by atoms with van der Waals surface area (Å²) < 4.78 is 46.1. The summed E-state index contributed by atoms with van der Waals surface area (Å²) in [6, 6.07) is 22.0. The van der Waals surface area contributed by atoms with Gasteiger partial charge in [-0.25, -0.2) is 4.79 Å². The van der Waals surface area contributed by atoms with Gasteiger partial charge in [0.1, 0.15) is 26.4 Å². The predicted octanol–water partition coefficient (Wildman–Crippen LogP) is 4.30. The van der Waals surface area contributed by atoms with Crippen LogP contribution in [0.3, 0.4) is 0 Å². The van der Waals surface area contributed by atoms with Crippen molar-refractivity contribution in [3.63, 3.8) is 0 Å². The Morgan fingerprint density at radius 2 is 0.953 bits per heavy atom. The van der Waals surface area contributed by atoms with Crippen LogP contribution in [0, 0.1) is 0 Å². The van der Waals surface area contributed by atoms with Gasteiger partial charge in [-0.1, -0.05) is 36.4 Å². The topological polar surface area (TPSA) is 115 Å². The highest BCUT2D eigenvalue weighted by molar-refractivity contribution is 5.89. The van der Waals surface area contributed by atoms with Crippen LogP contribution in [0.2, 0.25) is 0 Å². The van der Waals surface area contributed by atoms with E-state index in [1.165, 1.54) is 0 Å². The average Bonchev–Trinajstić information content (AvgIpc) is 3.03. The van der Waals surface area contributed by atoms with Gasteiger partial charge in [-0.2, -0.15) is 0 Å². The fourth-order valence-electron chi connectivity index (χ4n) is 3.95. The van der Waals surface area contributed by atoms with Crippen LogP contribution in [0.4, 0.5) is 10.5 Å². The molecule has 4 rings (SSSR count). The van der Waals surface area contributed by atoms with Gasteiger partial charge in [-0.3, -0.25) is 0 Å². The van der Waals surface area contributed by atoms with Crippen molar-refractivity contribution in [1.82, 2.24) is 5.32 Å². The quantitative estimate of drug-likeness (QED) is 0.457. The Morgan fingerprint density at radius 1 is 0.512 bits per heavy atom. The van der Waals surface area contributed by atoms with Gasteiger partial charge in [0, 0.05) is 12.2 Å². The SMILES string of the molecule is O=C(NCc1ccc2c(c1)OCCOCCOCCOc1ccccc1OCCOCCOCCO2)Nc1ccccc1. The third kappa shape index (κ3) is 12.4. The number of ether oxygens (including phenoxy) is 8. The minimum atomic E-state index is -0.299. The first-order chi connectivity index (χ1) is 21.3. The number of amides is 2. The lowest BCUT2D eigenvalue weighted by Gasteiger charge is -2.15. The normalized spacial score (nSPS) is 16.3. The highest BCUT2D eigenvalue weighted by atomic mass is 16.6. The number of hydrogen-bond donors (Lipinski definition) is 2. The van der Waals surface area contributed by atoms with E-state index in [1.54, 1.807) is 0 Å². The molecule has 232 valence electrons. The summed E-state index contributed by atoms with van der Waals surface area (Å²) in [5.41, 5.74) is 1.57. The molecule has 0 aromatic heterocycles. The second-order valence-electron chi connectivity index (χ2n) is 9.24. The van der Waals surface area contributed by atoms with Crippen LogP contribution >= 0.6 is 0 Å². The van der Waals surface area contributed by atoms with E-state index in [4.69, 9.17) is 37.9 Å². The predicted molar refractivity (Wildman–Crippen MR) is 160 cm³/mol. The van der Waals surface area contributed by atoms with Gasteiger partial charge in [-0.05, 0) is 42.0 Å².